The maximum Gasteiger partial charge on any atom is 0.416 e. The Morgan fingerprint density at radius 3 is 2.44 bits per heavy atom. The van der Waals surface area contributed by atoms with E-state index in [9.17, 15) is 26.0 Å². The van der Waals surface area contributed by atoms with Gasteiger partial charge < -0.3 is 4.74 Å². The molecular formula is C25H18F4N2O3S2. The highest BCUT2D eigenvalue weighted by molar-refractivity contribution is 7.93. The van der Waals surface area contributed by atoms with Crippen LogP contribution in [0.3, 0.4) is 0 Å². The lowest BCUT2D eigenvalue weighted by molar-refractivity contribution is -0.137. The molecule has 186 valence electrons. The Hall–Kier alpha value is -3.44. The molecule has 36 heavy (non-hydrogen) atoms. The molecule has 5 nitrogen and oxygen atoms in total. The van der Waals surface area contributed by atoms with Crippen molar-refractivity contribution in [3.63, 3.8) is 0 Å². The number of nitrogens with zero attached hydrogens (tertiary/aromatic N) is 1. The van der Waals surface area contributed by atoms with Crippen molar-refractivity contribution in [2.24, 2.45) is 0 Å². The Morgan fingerprint density at radius 2 is 1.75 bits per heavy atom. The Labute approximate surface area is 208 Å². The van der Waals surface area contributed by atoms with Gasteiger partial charge in [-0.3, -0.25) is 4.72 Å². The van der Waals surface area contributed by atoms with Crippen LogP contribution in [0, 0.1) is 5.82 Å². The summed E-state index contributed by atoms with van der Waals surface area (Å²) in [6, 6.07) is 13.2. The van der Waals surface area contributed by atoms with Gasteiger partial charge in [0.15, 0.2) is 5.13 Å². The maximum absolute atomic E-state index is 13.5. The zero-order valence-corrected chi connectivity index (χ0v) is 20.1. The van der Waals surface area contributed by atoms with E-state index in [1.54, 1.807) is 11.4 Å². The number of alkyl halides is 3. The average molecular weight is 535 g/mol. The van der Waals surface area contributed by atoms with Crippen molar-refractivity contribution < 1.29 is 30.7 Å². The van der Waals surface area contributed by atoms with Crippen molar-refractivity contribution in [3.8, 4) is 16.9 Å². The van der Waals surface area contributed by atoms with Crippen LogP contribution in [0.2, 0.25) is 0 Å². The number of fused-ring (bicyclic) bond motifs is 1. The van der Waals surface area contributed by atoms with E-state index in [0.29, 0.717) is 34.4 Å². The summed E-state index contributed by atoms with van der Waals surface area (Å²) < 4.78 is 87.8. The third kappa shape index (κ3) is 4.80. The fourth-order valence-electron chi connectivity index (χ4n) is 4.22. The number of halogens is 4. The summed E-state index contributed by atoms with van der Waals surface area (Å²) >= 11 is 1.14. The van der Waals surface area contributed by atoms with Crippen molar-refractivity contribution in [3.05, 3.63) is 94.7 Å². The van der Waals surface area contributed by atoms with Crippen molar-refractivity contribution in [1.29, 1.82) is 0 Å². The number of sulfonamides is 1. The van der Waals surface area contributed by atoms with Gasteiger partial charge in [0.05, 0.1) is 17.1 Å². The summed E-state index contributed by atoms with van der Waals surface area (Å²) in [6.07, 6.45) is -2.60. The highest BCUT2D eigenvalue weighted by Gasteiger charge is 2.33. The molecule has 1 aliphatic heterocycles. The maximum atomic E-state index is 13.5. The van der Waals surface area contributed by atoms with Crippen molar-refractivity contribution in [2.45, 2.75) is 23.4 Å². The summed E-state index contributed by atoms with van der Waals surface area (Å²) in [6.45, 7) is 0.241. The van der Waals surface area contributed by atoms with Crippen molar-refractivity contribution in [1.82, 2.24) is 4.98 Å². The van der Waals surface area contributed by atoms with Gasteiger partial charge in [0, 0.05) is 29.1 Å². The smallest absolute Gasteiger partial charge is 0.416 e. The Bertz CT molecular complexity index is 1500. The van der Waals surface area contributed by atoms with E-state index in [1.807, 2.05) is 0 Å². The molecular weight excluding hydrogens is 516 g/mol. The Balaban J connectivity index is 1.57. The lowest BCUT2D eigenvalue weighted by Crippen LogP contribution is -2.18. The Kier molecular flexibility index (Phi) is 6.21. The first-order valence-corrected chi connectivity index (χ1v) is 13.1. The molecule has 11 heteroatoms. The van der Waals surface area contributed by atoms with E-state index >= 15 is 0 Å². The second-order valence-electron chi connectivity index (χ2n) is 8.14. The van der Waals surface area contributed by atoms with Crippen LogP contribution in [0.5, 0.6) is 5.75 Å². The minimum absolute atomic E-state index is 0.0247. The van der Waals surface area contributed by atoms with Gasteiger partial charge in [-0.1, -0.05) is 24.3 Å². The van der Waals surface area contributed by atoms with E-state index in [-0.39, 0.29) is 22.6 Å². The lowest BCUT2D eigenvalue weighted by Gasteiger charge is -2.29. The first kappa shape index (κ1) is 24.3. The van der Waals surface area contributed by atoms with Crippen molar-refractivity contribution in [2.75, 3.05) is 11.3 Å². The third-order valence-corrected chi connectivity index (χ3v) is 8.05. The fourth-order valence-corrected chi connectivity index (χ4v) is 6.03. The van der Waals surface area contributed by atoms with Crippen LogP contribution in [0.25, 0.3) is 11.1 Å². The van der Waals surface area contributed by atoms with Gasteiger partial charge in [0.1, 0.15) is 11.6 Å². The standard InChI is InChI=1S/C25H18F4N2O3S2/c26-17-4-1-15(2-5-17)22-13-16(25(27,28)29)3-7-19(22)20-9-11-34-23-14-18(6-8-21(20)23)36(32,33)31-24-30-10-12-35-24/h1-8,10,12-14,20H,9,11H2,(H,30,31)/t20-/m0/s1. The molecule has 0 saturated carbocycles. The molecule has 0 spiro atoms. The molecule has 0 amide bonds. The number of aromatic nitrogens is 1. The number of rotatable bonds is 5. The van der Waals surface area contributed by atoms with Crippen molar-refractivity contribution >= 4 is 26.5 Å². The molecule has 0 aliphatic carbocycles. The molecule has 0 radical (unpaired) electrons. The molecule has 0 unspecified atom stereocenters. The molecule has 1 N–H and O–H groups in total. The number of ether oxygens (including phenoxy) is 1. The normalized spacial score (nSPS) is 15.7. The molecule has 0 bridgehead atoms. The quantitative estimate of drug-likeness (QED) is 0.290. The van der Waals surface area contributed by atoms with E-state index in [2.05, 4.69) is 9.71 Å². The minimum Gasteiger partial charge on any atom is -0.493 e. The SMILES string of the molecule is O=S(=O)(Nc1nccs1)c1ccc2c(c1)OCC[C@H]2c1ccc(C(F)(F)F)cc1-c1ccc(F)cc1. The monoisotopic (exact) mass is 534 g/mol. The summed E-state index contributed by atoms with van der Waals surface area (Å²) in [4.78, 5) is 3.90. The van der Waals surface area contributed by atoms with Crippen LogP contribution in [0.4, 0.5) is 22.7 Å². The van der Waals surface area contributed by atoms with Gasteiger partial charge >= 0.3 is 6.18 Å². The van der Waals surface area contributed by atoms with Crippen LogP contribution in [0.15, 0.2) is 77.1 Å². The van der Waals surface area contributed by atoms with Crippen LogP contribution >= 0.6 is 11.3 Å². The molecule has 3 aromatic carbocycles. The zero-order chi connectivity index (χ0) is 25.5. The van der Waals surface area contributed by atoms with E-state index < -0.39 is 27.6 Å². The van der Waals surface area contributed by atoms with Gasteiger partial charge in [0.2, 0.25) is 0 Å². The summed E-state index contributed by atoms with van der Waals surface area (Å²) in [5.41, 5.74) is 1.21. The fraction of sp³-hybridized carbons (Fsp3) is 0.160. The number of hydrogen-bond donors (Lipinski definition) is 1. The number of benzene rings is 3. The van der Waals surface area contributed by atoms with E-state index in [4.69, 9.17) is 4.74 Å². The predicted molar refractivity (Wildman–Crippen MR) is 128 cm³/mol. The molecule has 2 heterocycles. The highest BCUT2D eigenvalue weighted by atomic mass is 32.2. The van der Waals surface area contributed by atoms with Gasteiger partial charge in [-0.15, -0.1) is 11.3 Å². The summed E-state index contributed by atoms with van der Waals surface area (Å²) in [7, 11) is -3.92. The van der Waals surface area contributed by atoms with E-state index in [0.717, 1.165) is 23.5 Å². The van der Waals surface area contributed by atoms with Crippen LogP contribution in [-0.2, 0) is 16.2 Å². The second kappa shape index (κ2) is 9.21. The molecule has 0 saturated heterocycles. The first-order valence-electron chi connectivity index (χ1n) is 10.8. The largest absolute Gasteiger partial charge is 0.493 e. The molecule has 4 aromatic rings. The molecule has 1 aromatic heterocycles. The number of nitrogens with one attached hydrogen (secondary N) is 1. The molecule has 1 aliphatic rings. The number of thiazole rings is 1. The van der Waals surface area contributed by atoms with Gasteiger partial charge in [0.25, 0.3) is 10.0 Å². The molecule has 0 fully saturated rings. The molecule has 1 atom stereocenters. The summed E-state index contributed by atoms with van der Waals surface area (Å²) in [5.74, 6) is -0.526. The van der Waals surface area contributed by atoms with E-state index in [1.165, 1.54) is 48.7 Å². The second-order valence-corrected chi connectivity index (χ2v) is 10.7. The summed E-state index contributed by atoms with van der Waals surface area (Å²) in [5, 5.41) is 1.86. The Morgan fingerprint density at radius 1 is 1.00 bits per heavy atom. The van der Waals surface area contributed by atoms with Gasteiger partial charge in [-0.25, -0.2) is 17.8 Å². The third-order valence-electron chi connectivity index (χ3n) is 5.90. The average Bonchev–Trinajstić information content (AvgIpc) is 3.35. The lowest BCUT2D eigenvalue weighted by atomic mass is 9.82. The van der Waals surface area contributed by atoms with Crippen LogP contribution in [-0.4, -0.2) is 20.0 Å². The molecule has 5 rings (SSSR count). The number of hydrogen-bond acceptors (Lipinski definition) is 5. The van der Waals surface area contributed by atoms with Crippen LogP contribution < -0.4 is 9.46 Å². The highest BCUT2D eigenvalue weighted by Crippen LogP contribution is 2.44. The zero-order valence-electron chi connectivity index (χ0n) is 18.4. The van der Waals surface area contributed by atoms with Crippen LogP contribution in [0.1, 0.15) is 29.0 Å². The van der Waals surface area contributed by atoms with Gasteiger partial charge in [-0.05, 0) is 53.4 Å². The number of anilines is 1. The predicted octanol–water partition coefficient (Wildman–Crippen LogP) is 6.68. The van der Waals surface area contributed by atoms with Gasteiger partial charge in [-0.2, -0.15) is 13.2 Å². The first-order chi connectivity index (χ1) is 17.1. The minimum atomic E-state index is -4.55. The topological polar surface area (TPSA) is 68.3 Å².